The number of rotatable bonds is 6. The highest BCUT2D eigenvalue weighted by atomic mass is 127. The number of aromatic amines is 1. The minimum atomic E-state index is 0. The minimum Gasteiger partial charge on any atom is -0.497 e. The summed E-state index contributed by atoms with van der Waals surface area (Å²) in [5, 5.41) is 13.4. The summed E-state index contributed by atoms with van der Waals surface area (Å²) < 4.78 is 5.13. The Labute approximate surface area is 152 Å². The minimum absolute atomic E-state index is 0. The summed E-state index contributed by atoms with van der Waals surface area (Å²) in [6.45, 7) is 4.80. The molecule has 0 saturated carbocycles. The van der Waals surface area contributed by atoms with Crippen molar-refractivity contribution < 1.29 is 4.74 Å². The van der Waals surface area contributed by atoms with Crippen LogP contribution in [0.1, 0.15) is 5.82 Å². The van der Waals surface area contributed by atoms with Gasteiger partial charge in [0.15, 0.2) is 11.8 Å². The number of hydrogen-bond acceptors (Lipinski definition) is 4. The second-order valence-electron chi connectivity index (χ2n) is 4.43. The molecule has 23 heavy (non-hydrogen) atoms. The summed E-state index contributed by atoms with van der Waals surface area (Å²) in [4.78, 5) is 8.54. The second-order valence-corrected chi connectivity index (χ2v) is 4.43. The molecular formula is C15H21IN6O. The summed E-state index contributed by atoms with van der Waals surface area (Å²) >= 11 is 0. The van der Waals surface area contributed by atoms with Crippen LogP contribution in [0.2, 0.25) is 0 Å². The Bertz CT molecular complexity index is 638. The van der Waals surface area contributed by atoms with Crippen molar-refractivity contribution in [3.05, 3.63) is 42.7 Å². The number of H-pyrrole nitrogens is 1. The lowest BCUT2D eigenvalue weighted by molar-refractivity contribution is 0.415. The van der Waals surface area contributed by atoms with E-state index in [0.29, 0.717) is 24.9 Å². The Morgan fingerprint density at radius 2 is 2.09 bits per heavy atom. The first-order valence-corrected chi connectivity index (χ1v) is 6.88. The van der Waals surface area contributed by atoms with Crippen molar-refractivity contribution >= 4 is 29.9 Å². The van der Waals surface area contributed by atoms with Crippen LogP contribution in [0.5, 0.6) is 5.75 Å². The average molecular weight is 428 g/mol. The van der Waals surface area contributed by atoms with Gasteiger partial charge in [0.2, 0.25) is 0 Å². The monoisotopic (exact) mass is 428 g/mol. The molecule has 0 aliphatic carbocycles. The van der Waals surface area contributed by atoms with Crippen molar-refractivity contribution in [2.75, 3.05) is 20.7 Å². The number of aliphatic imine (C=N–C) groups is 1. The third-order valence-electron chi connectivity index (χ3n) is 2.94. The van der Waals surface area contributed by atoms with Gasteiger partial charge in [0.05, 0.1) is 13.7 Å². The lowest BCUT2D eigenvalue weighted by Gasteiger charge is -2.08. The van der Waals surface area contributed by atoms with E-state index in [2.05, 4.69) is 37.4 Å². The van der Waals surface area contributed by atoms with Gasteiger partial charge in [-0.1, -0.05) is 6.08 Å². The maximum absolute atomic E-state index is 5.13. The number of nitrogens with one attached hydrogen (secondary N) is 3. The number of guanidine groups is 1. The molecule has 8 heteroatoms. The zero-order chi connectivity index (χ0) is 15.8. The highest BCUT2D eigenvalue weighted by Gasteiger charge is 2.06. The van der Waals surface area contributed by atoms with Crippen molar-refractivity contribution in [3.8, 4) is 17.1 Å². The van der Waals surface area contributed by atoms with E-state index in [0.717, 1.165) is 17.1 Å². The number of ether oxygens (including phenoxy) is 1. The number of benzene rings is 1. The lowest BCUT2D eigenvalue weighted by Crippen LogP contribution is -2.37. The maximum Gasteiger partial charge on any atom is 0.191 e. The van der Waals surface area contributed by atoms with Crippen molar-refractivity contribution in [2.24, 2.45) is 4.99 Å². The standard InChI is InChI=1S/C15H20N6O.HI/c1-4-9-17-15(16-2)18-10-13-19-14(21-20-13)11-5-7-12(22-3)8-6-11;/h4-8H,1,9-10H2,2-3H3,(H2,16,17,18)(H,19,20,21);1H. The van der Waals surface area contributed by atoms with Gasteiger partial charge in [-0.3, -0.25) is 10.1 Å². The number of methoxy groups -OCH3 is 1. The molecule has 7 nitrogen and oxygen atoms in total. The lowest BCUT2D eigenvalue weighted by atomic mass is 10.2. The maximum atomic E-state index is 5.13. The molecule has 0 bridgehead atoms. The van der Waals surface area contributed by atoms with E-state index in [1.165, 1.54) is 0 Å². The third-order valence-corrected chi connectivity index (χ3v) is 2.94. The van der Waals surface area contributed by atoms with Crippen LogP contribution in [0, 0.1) is 0 Å². The molecule has 0 fully saturated rings. The highest BCUT2D eigenvalue weighted by Crippen LogP contribution is 2.18. The van der Waals surface area contributed by atoms with E-state index in [1.54, 1.807) is 20.2 Å². The van der Waals surface area contributed by atoms with Crippen LogP contribution in [-0.4, -0.2) is 41.8 Å². The van der Waals surface area contributed by atoms with Crippen LogP contribution in [0.15, 0.2) is 41.9 Å². The van der Waals surface area contributed by atoms with Gasteiger partial charge in [-0.15, -0.1) is 30.6 Å². The Morgan fingerprint density at radius 1 is 1.35 bits per heavy atom. The van der Waals surface area contributed by atoms with E-state index in [-0.39, 0.29) is 24.0 Å². The van der Waals surface area contributed by atoms with Crippen molar-refractivity contribution in [1.82, 2.24) is 25.8 Å². The molecular weight excluding hydrogens is 407 g/mol. The van der Waals surface area contributed by atoms with Crippen LogP contribution in [0.3, 0.4) is 0 Å². The number of aromatic nitrogens is 3. The molecule has 0 atom stereocenters. The molecule has 0 amide bonds. The number of nitrogens with zero attached hydrogens (tertiary/aromatic N) is 3. The first-order chi connectivity index (χ1) is 10.8. The Hall–Kier alpha value is -2.10. The Morgan fingerprint density at radius 3 is 2.70 bits per heavy atom. The second kappa shape index (κ2) is 9.82. The van der Waals surface area contributed by atoms with Gasteiger partial charge >= 0.3 is 0 Å². The predicted octanol–water partition coefficient (Wildman–Crippen LogP) is 1.95. The topological polar surface area (TPSA) is 87.2 Å². The van der Waals surface area contributed by atoms with Crippen molar-refractivity contribution in [1.29, 1.82) is 0 Å². The summed E-state index contributed by atoms with van der Waals surface area (Å²) in [6.07, 6.45) is 1.77. The molecule has 2 rings (SSSR count). The van der Waals surface area contributed by atoms with Gasteiger partial charge in [-0.25, -0.2) is 4.98 Å². The quantitative estimate of drug-likeness (QED) is 0.284. The molecule has 1 aromatic heterocycles. The summed E-state index contributed by atoms with van der Waals surface area (Å²) in [6, 6.07) is 7.60. The molecule has 1 heterocycles. The van der Waals surface area contributed by atoms with Crippen LogP contribution in [0.25, 0.3) is 11.4 Å². The van der Waals surface area contributed by atoms with Crippen LogP contribution >= 0.6 is 24.0 Å². The van der Waals surface area contributed by atoms with E-state index in [9.17, 15) is 0 Å². The number of hydrogen-bond donors (Lipinski definition) is 3. The molecule has 3 N–H and O–H groups in total. The molecule has 124 valence electrons. The van der Waals surface area contributed by atoms with Gasteiger partial charge < -0.3 is 15.4 Å². The van der Waals surface area contributed by atoms with Crippen LogP contribution in [-0.2, 0) is 6.54 Å². The van der Waals surface area contributed by atoms with Gasteiger partial charge in [0.25, 0.3) is 0 Å². The van der Waals surface area contributed by atoms with E-state index < -0.39 is 0 Å². The van der Waals surface area contributed by atoms with Gasteiger partial charge in [0, 0.05) is 19.2 Å². The zero-order valence-electron chi connectivity index (χ0n) is 13.2. The van der Waals surface area contributed by atoms with E-state index >= 15 is 0 Å². The van der Waals surface area contributed by atoms with Crippen molar-refractivity contribution in [3.63, 3.8) is 0 Å². The molecule has 0 saturated heterocycles. The smallest absolute Gasteiger partial charge is 0.191 e. The number of halogens is 1. The SMILES string of the molecule is C=CCNC(=NC)NCc1nc(-c2ccc(OC)cc2)n[nH]1.I. The predicted molar refractivity (Wildman–Crippen MR) is 102 cm³/mol. The first-order valence-electron chi connectivity index (χ1n) is 6.88. The van der Waals surface area contributed by atoms with Gasteiger partial charge in [0.1, 0.15) is 11.6 Å². The van der Waals surface area contributed by atoms with E-state index in [4.69, 9.17) is 4.74 Å². The molecule has 0 aliphatic heterocycles. The summed E-state index contributed by atoms with van der Waals surface area (Å²) in [5.41, 5.74) is 0.928. The molecule has 0 spiro atoms. The van der Waals surface area contributed by atoms with Crippen LogP contribution in [0.4, 0.5) is 0 Å². The molecule has 0 unspecified atom stereocenters. The Balaban J connectivity index is 0.00000264. The van der Waals surface area contributed by atoms with Crippen LogP contribution < -0.4 is 15.4 Å². The van der Waals surface area contributed by atoms with Gasteiger partial charge in [-0.05, 0) is 24.3 Å². The first kappa shape index (κ1) is 18.9. The average Bonchev–Trinajstić information content (AvgIpc) is 3.04. The third kappa shape index (κ3) is 5.55. The zero-order valence-corrected chi connectivity index (χ0v) is 15.5. The fourth-order valence-corrected chi connectivity index (χ4v) is 1.80. The molecule has 0 radical (unpaired) electrons. The Kier molecular flexibility index (Phi) is 8.09. The normalized spacial score (nSPS) is 10.6. The molecule has 1 aromatic carbocycles. The molecule has 0 aliphatic rings. The molecule has 2 aromatic rings. The summed E-state index contributed by atoms with van der Waals surface area (Å²) in [7, 11) is 3.35. The largest absolute Gasteiger partial charge is 0.497 e. The summed E-state index contributed by atoms with van der Waals surface area (Å²) in [5.74, 6) is 2.86. The van der Waals surface area contributed by atoms with Gasteiger partial charge in [-0.2, -0.15) is 5.10 Å². The van der Waals surface area contributed by atoms with E-state index in [1.807, 2.05) is 24.3 Å². The fourth-order valence-electron chi connectivity index (χ4n) is 1.80. The van der Waals surface area contributed by atoms with Crippen molar-refractivity contribution in [2.45, 2.75) is 6.54 Å². The fraction of sp³-hybridized carbons (Fsp3) is 0.267. The highest BCUT2D eigenvalue weighted by molar-refractivity contribution is 14.0.